The van der Waals surface area contributed by atoms with Gasteiger partial charge in [-0.1, -0.05) is 102 Å². The van der Waals surface area contributed by atoms with E-state index in [1.807, 2.05) is 31.2 Å². The minimum absolute atomic E-state index is 0.0312. The zero-order valence-corrected chi connectivity index (χ0v) is 17.4. The normalized spacial score (nSPS) is 12.1. The van der Waals surface area contributed by atoms with E-state index >= 15 is 0 Å². The number of carbonyl (C=O) groups is 1. The molecule has 1 unspecified atom stereocenters. The third-order valence-electron chi connectivity index (χ3n) is 5.14. The van der Waals surface area contributed by atoms with Crippen LogP contribution in [0.1, 0.15) is 103 Å². The van der Waals surface area contributed by atoms with Gasteiger partial charge in [0.25, 0.3) is 0 Å². The lowest BCUT2D eigenvalue weighted by atomic mass is 9.94. The highest BCUT2D eigenvalue weighted by atomic mass is 16.5. The lowest BCUT2D eigenvalue weighted by Crippen LogP contribution is -2.20. The zero-order valence-electron chi connectivity index (χ0n) is 17.4. The van der Waals surface area contributed by atoms with Gasteiger partial charge in [-0.15, -0.1) is 0 Å². The van der Waals surface area contributed by atoms with Gasteiger partial charge in [-0.3, -0.25) is 4.79 Å². The molecule has 0 saturated heterocycles. The van der Waals surface area contributed by atoms with E-state index in [0.29, 0.717) is 5.75 Å². The molecular formula is C24H40O2. The SMILES string of the molecule is CCCCCCCCCC(CCCCCC)C(=O)Oc1ccc(C)cc1. The van der Waals surface area contributed by atoms with Gasteiger partial charge in [0.1, 0.15) is 5.75 Å². The van der Waals surface area contributed by atoms with E-state index in [4.69, 9.17) is 4.74 Å². The molecule has 0 amide bonds. The first-order valence-corrected chi connectivity index (χ1v) is 11.0. The minimum Gasteiger partial charge on any atom is -0.426 e. The Balaban J connectivity index is 2.40. The Hall–Kier alpha value is -1.31. The summed E-state index contributed by atoms with van der Waals surface area (Å²) < 4.78 is 5.66. The molecule has 2 heteroatoms. The van der Waals surface area contributed by atoms with Gasteiger partial charge >= 0.3 is 5.97 Å². The molecule has 0 fully saturated rings. The van der Waals surface area contributed by atoms with Crippen LogP contribution in [-0.2, 0) is 4.79 Å². The van der Waals surface area contributed by atoms with Crippen LogP contribution in [0.3, 0.4) is 0 Å². The maximum absolute atomic E-state index is 12.6. The topological polar surface area (TPSA) is 26.3 Å². The molecule has 0 spiro atoms. The second-order valence-corrected chi connectivity index (χ2v) is 7.69. The predicted octanol–water partition coefficient (Wildman–Crippen LogP) is 7.63. The molecule has 1 aromatic rings. The summed E-state index contributed by atoms with van der Waals surface area (Å²) >= 11 is 0. The van der Waals surface area contributed by atoms with E-state index in [2.05, 4.69) is 13.8 Å². The van der Waals surface area contributed by atoms with Crippen LogP contribution in [0.2, 0.25) is 0 Å². The molecule has 0 saturated carbocycles. The molecule has 0 aromatic heterocycles. The first-order chi connectivity index (χ1) is 12.7. The smallest absolute Gasteiger partial charge is 0.314 e. The monoisotopic (exact) mass is 360 g/mol. The number of aryl methyl sites for hydroxylation is 1. The molecule has 0 radical (unpaired) electrons. The molecule has 26 heavy (non-hydrogen) atoms. The van der Waals surface area contributed by atoms with Crippen LogP contribution in [0.4, 0.5) is 0 Å². The highest BCUT2D eigenvalue weighted by molar-refractivity contribution is 5.75. The van der Waals surface area contributed by atoms with Crippen molar-refractivity contribution in [2.24, 2.45) is 5.92 Å². The Morgan fingerprint density at radius 1 is 0.769 bits per heavy atom. The zero-order chi connectivity index (χ0) is 19.0. The van der Waals surface area contributed by atoms with Crippen molar-refractivity contribution in [2.75, 3.05) is 0 Å². The summed E-state index contributed by atoms with van der Waals surface area (Å²) in [6, 6.07) is 7.79. The Morgan fingerprint density at radius 3 is 1.77 bits per heavy atom. The van der Waals surface area contributed by atoms with Crippen LogP contribution >= 0.6 is 0 Å². The highest BCUT2D eigenvalue weighted by Crippen LogP contribution is 2.22. The van der Waals surface area contributed by atoms with Crippen molar-refractivity contribution in [2.45, 2.75) is 104 Å². The summed E-state index contributed by atoms with van der Waals surface area (Å²) in [6.45, 7) is 6.52. The van der Waals surface area contributed by atoms with Gasteiger partial charge in [0.05, 0.1) is 5.92 Å². The summed E-state index contributed by atoms with van der Waals surface area (Å²) in [6.07, 6.45) is 15.8. The van der Waals surface area contributed by atoms with Gasteiger partial charge in [0.2, 0.25) is 0 Å². The number of hydrogen-bond donors (Lipinski definition) is 0. The molecule has 1 rings (SSSR count). The summed E-state index contributed by atoms with van der Waals surface area (Å²) in [5.41, 5.74) is 1.18. The predicted molar refractivity (Wildman–Crippen MR) is 112 cm³/mol. The second-order valence-electron chi connectivity index (χ2n) is 7.69. The van der Waals surface area contributed by atoms with Crippen LogP contribution in [0.15, 0.2) is 24.3 Å². The Morgan fingerprint density at radius 2 is 1.23 bits per heavy atom. The summed E-state index contributed by atoms with van der Waals surface area (Å²) in [5, 5.41) is 0. The molecule has 0 heterocycles. The fraction of sp³-hybridized carbons (Fsp3) is 0.708. The Labute approximate surface area is 161 Å². The first-order valence-electron chi connectivity index (χ1n) is 11.0. The van der Waals surface area contributed by atoms with Crippen LogP contribution in [0, 0.1) is 12.8 Å². The number of rotatable bonds is 15. The van der Waals surface area contributed by atoms with E-state index in [1.54, 1.807) is 0 Å². The average molecular weight is 361 g/mol. The van der Waals surface area contributed by atoms with Crippen molar-refractivity contribution in [3.05, 3.63) is 29.8 Å². The molecule has 0 aliphatic rings. The van der Waals surface area contributed by atoms with E-state index in [0.717, 1.165) is 25.7 Å². The molecule has 0 aliphatic heterocycles. The maximum Gasteiger partial charge on any atom is 0.314 e. The van der Waals surface area contributed by atoms with Gasteiger partial charge in [-0.05, 0) is 31.9 Å². The van der Waals surface area contributed by atoms with Crippen molar-refractivity contribution in [1.82, 2.24) is 0 Å². The second kappa shape index (κ2) is 14.8. The van der Waals surface area contributed by atoms with E-state index < -0.39 is 0 Å². The number of esters is 1. The quantitative estimate of drug-likeness (QED) is 0.182. The van der Waals surface area contributed by atoms with Crippen molar-refractivity contribution >= 4 is 5.97 Å². The first kappa shape index (κ1) is 22.7. The number of hydrogen-bond acceptors (Lipinski definition) is 2. The summed E-state index contributed by atoms with van der Waals surface area (Å²) in [4.78, 5) is 12.6. The summed E-state index contributed by atoms with van der Waals surface area (Å²) in [7, 11) is 0. The van der Waals surface area contributed by atoms with Crippen LogP contribution in [0.25, 0.3) is 0 Å². The molecule has 2 nitrogen and oxygen atoms in total. The van der Waals surface area contributed by atoms with Crippen LogP contribution < -0.4 is 4.74 Å². The minimum atomic E-state index is -0.0312. The van der Waals surface area contributed by atoms with Gasteiger partial charge in [0, 0.05) is 0 Å². The fourth-order valence-electron chi connectivity index (χ4n) is 3.35. The van der Waals surface area contributed by atoms with Gasteiger partial charge in [-0.2, -0.15) is 0 Å². The Kier molecular flexibility index (Phi) is 13.0. The highest BCUT2D eigenvalue weighted by Gasteiger charge is 2.20. The number of unbranched alkanes of at least 4 members (excludes halogenated alkanes) is 9. The van der Waals surface area contributed by atoms with Crippen LogP contribution in [-0.4, -0.2) is 5.97 Å². The van der Waals surface area contributed by atoms with Crippen molar-refractivity contribution in [1.29, 1.82) is 0 Å². The van der Waals surface area contributed by atoms with E-state index in [-0.39, 0.29) is 11.9 Å². The number of benzene rings is 1. The van der Waals surface area contributed by atoms with E-state index in [9.17, 15) is 4.79 Å². The number of carbonyl (C=O) groups excluding carboxylic acids is 1. The maximum atomic E-state index is 12.6. The summed E-state index contributed by atoms with van der Waals surface area (Å²) in [5.74, 6) is 0.707. The fourth-order valence-corrected chi connectivity index (χ4v) is 3.35. The molecule has 0 bridgehead atoms. The molecule has 148 valence electrons. The third kappa shape index (κ3) is 10.6. The molecule has 1 atom stereocenters. The number of ether oxygens (including phenoxy) is 1. The van der Waals surface area contributed by atoms with Crippen molar-refractivity contribution in [3.8, 4) is 5.75 Å². The van der Waals surface area contributed by atoms with Gasteiger partial charge in [-0.25, -0.2) is 0 Å². The van der Waals surface area contributed by atoms with E-state index in [1.165, 1.54) is 63.4 Å². The van der Waals surface area contributed by atoms with Crippen molar-refractivity contribution < 1.29 is 9.53 Å². The molecule has 0 aliphatic carbocycles. The lowest BCUT2D eigenvalue weighted by Gasteiger charge is -2.16. The lowest BCUT2D eigenvalue weighted by molar-refractivity contribution is -0.139. The molecule has 0 N–H and O–H groups in total. The average Bonchev–Trinajstić information content (AvgIpc) is 2.64. The largest absolute Gasteiger partial charge is 0.426 e. The van der Waals surface area contributed by atoms with Crippen LogP contribution in [0.5, 0.6) is 5.75 Å². The molecule has 1 aromatic carbocycles. The van der Waals surface area contributed by atoms with Crippen molar-refractivity contribution in [3.63, 3.8) is 0 Å². The van der Waals surface area contributed by atoms with Gasteiger partial charge in [0.15, 0.2) is 0 Å². The molecular weight excluding hydrogens is 320 g/mol. The third-order valence-corrected chi connectivity index (χ3v) is 5.14. The standard InChI is InChI=1S/C24H40O2/c1-4-6-8-10-11-12-14-16-22(15-13-9-7-5-2)24(25)26-23-19-17-21(3)18-20-23/h17-20,22H,4-16H2,1-3H3. The van der Waals surface area contributed by atoms with Gasteiger partial charge < -0.3 is 4.74 Å². The Bertz CT molecular complexity index is 464.